The van der Waals surface area contributed by atoms with E-state index in [0.29, 0.717) is 18.1 Å². The standard InChI is InChI=1S/C15H19Cl2NO3S/c1-15(2,12-4-3-5-13(16)7-12)10-18-8-11(6-14(18)19)9-22(17,20)21/h3-5,7,11H,6,8-10H2,1-2H3. The third-order valence-electron chi connectivity index (χ3n) is 3.92. The first-order valence-corrected chi connectivity index (χ1v) is 9.89. The lowest BCUT2D eigenvalue weighted by molar-refractivity contribution is -0.128. The molecule has 1 unspecified atom stereocenters. The molecule has 1 aliphatic heterocycles. The fraction of sp³-hybridized carbons (Fsp3) is 0.533. The van der Waals surface area contributed by atoms with Gasteiger partial charge in [0, 0.05) is 46.5 Å². The highest BCUT2D eigenvalue weighted by Crippen LogP contribution is 2.30. The smallest absolute Gasteiger partial charge is 0.232 e. The van der Waals surface area contributed by atoms with Crippen LogP contribution in [0.2, 0.25) is 5.02 Å². The number of carbonyl (C=O) groups excluding carboxylic acids is 1. The molecule has 0 aliphatic carbocycles. The number of rotatable bonds is 5. The van der Waals surface area contributed by atoms with Crippen LogP contribution < -0.4 is 0 Å². The van der Waals surface area contributed by atoms with E-state index >= 15 is 0 Å². The molecule has 4 nitrogen and oxygen atoms in total. The molecule has 0 bridgehead atoms. The fourth-order valence-corrected chi connectivity index (χ4v) is 4.39. The summed E-state index contributed by atoms with van der Waals surface area (Å²) in [6, 6.07) is 7.56. The second-order valence-corrected chi connectivity index (χ2v) is 9.70. The average molecular weight is 364 g/mol. The van der Waals surface area contributed by atoms with Crippen molar-refractivity contribution in [1.29, 1.82) is 0 Å². The molecule has 1 heterocycles. The largest absolute Gasteiger partial charge is 0.341 e. The molecule has 1 atom stereocenters. The Kier molecular flexibility index (Phi) is 5.09. The van der Waals surface area contributed by atoms with Gasteiger partial charge in [-0.05, 0) is 17.7 Å². The van der Waals surface area contributed by atoms with Crippen molar-refractivity contribution in [3.8, 4) is 0 Å². The monoisotopic (exact) mass is 363 g/mol. The van der Waals surface area contributed by atoms with Gasteiger partial charge in [0.1, 0.15) is 0 Å². The van der Waals surface area contributed by atoms with E-state index in [0.717, 1.165) is 5.56 Å². The minimum atomic E-state index is -3.58. The van der Waals surface area contributed by atoms with E-state index in [9.17, 15) is 13.2 Å². The van der Waals surface area contributed by atoms with Crippen molar-refractivity contribution >= 4 is 37.2 Å². The molecule has 1 aromatic rings. The summed E-state index contributed by atoms with van der Waals surface area (Å²) in [5.41, 5.74) is 0.774. The Morgan fingerprint density at radius 2 is 2.05 bits per heavy atom. The van der Waals surface area contributed by atoms with Crippen LogP contribution in [0.4, 0.5) is 0 Å². The van der Waals surface area contributed by atoms with Gasteiger partial charge in [-0.15, -0.1) is 0 Å². The second kappa shape index (κ2) is 6.38. The van der Waals surface area contributed by atoms with Crippen LogP contribution in [0.5, 0.6) is 0 Å². The quantitative estimate of drug-likeness (QED) is 0.755. The predicted molar refractivity (Wildman–Crippen MR) is 88.8 cm³/mol. The van der Waals surface area contributed by atoms with Crippen molar-refractivity contribution < 1.29 is 13.2 Å². The van der Waals surface area contributed by atoms with Gasteiger partial charge >= 0.3 is 0 Å². The van der Waals surface area contributed by atoms with E-state index in [1.165, 1.54) is 0 Å². The lowest BCUT2D eigenvalue weighted by Crippen LogP contribution is -2.38. The zero-order valence-electron chi connectivity index (χ0n) is 12.6. The first-order chi connectivity index (χ1) is 10.1. The van der Waals surface area contributed by atoms with E-state index in [1.54, 1.807) is 4.90 Å². The van der Waals surface area contributed by atoms with Crippen molar-refractivity contribution in [2.75, 3.05) is 18.8 Å². The fourth-order valence-electron chi connectivity index (χ4n) is 2.88. The lowest BCUT2D eigenvalue weighted by atomic mass is 9.84. The van der Waals surface area contributed by atoms with Gasteiger partial charge in [0.05, 0.1) is 5.75 Å². The number of hydrogen-bond acceptors (Lipinski definition) is 3. The molecule has 0 N–H and O–H groups in total. The van der Waals surface area contributed by atoms with E-state index in [4.69, 9.17) is 22.3 Å². The number of carbonyl (C=O) groups is 1. The summed E-state index contributed by atoms with van der Waals surface area (Å²) in [6.07, 6.45) is 0.234. The summed E-state index contributed by atoms with van der Waals surface area (Å²) in [5, 5.41) is 0.657. The summed E-state index contributed by atoms with van der Waals surface area (Å²) in [5.74, 6) is -0.417. The number of halogens is 2. The summed E-state index contributed by atoms with van der Waals surface area (Å²) in [6.45, 7) is 5.02. The zero-order valence-corrected chi connectivity index (χ0v) is 14.9. The Balaban J connectivity index is 2.08. The normalized spacial score (nSPS) is 19.7. The van der Waals surface area contributed by atoms with Crippen LogP contribution >= 0.6 is 22.3 Å². The molecular formula is C15H19Cl2NO3S. The van der Waals surface area contributed by atoms with Gasteiger partial charge in [0.25, 0.3) is 0 Å². The van der Waals surface area contributed by atoms with Gasteiger partial charge in [0.2, 0.25) is 15.0 Å². The summed E-state index contributed by atoms with van der Waals surface area (Å²) in [4.78, 5) is 13.8. The van der Waals surface area contributed by atoms with Gasteiger partial charge in [-0.1, -0.05) is 37.6 Å². The van der Waals surface area contributed by atoms with Crippen LogP contribution in [-0.2, 0) is 19.3 Å². The summed E-state index contributed by atoms with van der Waals surface area (Å²) in [7, 11) is 1.70. The molecule has 22 heavy (non-hydrogen) atoms. The maximum Gasteiger partial charge on any atom is 0.232 e. The molecule has 1 saturated heterocycles. The van der Waals surface area contributed by atoms with Crippen LogP contribution in [0.25, 0.3) is 0 Å². The third-order valence-corrected chi connectivity index (χ3v) is 5.40. The SMILES string of the molecule is CC(C)(CN1CC(CS(=O)(=O)Cl)CC1=O)c1cccc(Cl)c1. The first kappa shape index (κ1) is 17.6. The van der Waals surface area contributed by atoms with Gasteiger partial charge in [-0.25, -0.2) is 8.42 Å². The van der Waals surface area contributed by atoms with Crippen molar-refractivity contribution in [3.05, 3.63) is 34.9 Å². The molecule has 0 spiro atoms. The lowest BCUT2D eigenvalue weighted by Gasteiger charge is -2.31. The van der Waals surface area contributed by atoms with Crippen molar-refractivity contribution in [2.45, 2.75) is 25.7 Å². The van der Waals surface area contributed by atoms with Crippen LogP contribution in [0.3, 0.4) is 0 Å². The van der Waals surface area contributed by atoms with E-state index in [-0.39, 0.29) is 29.4 Å². The molecule has 1 fully saturated rings. The van der Waals surface area contributed by atoms with Gasteiger partial charge < -0.3 is 4.90 Å². The Bertz CT molecular complexity index is 673. The first-order valence-electron chi connectivity index (χ1n) is 7.03. The highest BCUT2D eigenvalue weighted by Gasteiger charge is 2.35. The Morgan fingerprint density at radius 1 is 1.36 bits per heavy atom. The van der Waals surface area contributed by atoms with Crippen LogP contribution in [0.1, 0.15) is 25.8 Å². The van der Waals surface area contributed by atoms with Crippen molar-refractivity contribution in [1.82, 2.24) is 4.90 Å². The zero-order chi connectivity index (χ0) is 16.5. The number of benzene rings is 1. The van der Waals surface area contributed by atoms with E-state index in [2.05, 4.69) is 0 Å². The number of likely N-dealkylation sites (tertiary alicyclic amines) is 1. The average Bonchev–Trinajstić information content (AvgIpc) is 2.66. The maximum absolute atomic E-state index is 12.1. The molecule has 1 amide bonds. The Hall–Kier alpha value is -0.780. The molecular weight excluding hydrogens is 345 g/mol. The third kappa shape index (κ3) is 4.61. The number of nitrogens with zero attached hydrogens (tertiary/aromatic N) is 1. The molecule has 122 valence electrons. The van der Waals surface area contributed by atoms with Gasteiger partial charge in [-0.3, -0.25) is 4.79 Å². The Morgan fingerprint density at radius 3 is 2.64 bits per heavy atom. The number of amides is 1. The van der Waals surface area contributed by atoms with Crippen molar-refractivity contribution in [2.24, 2.45) is 5.92 Å². The van der Waals surface area contributed by atoms with Crippen LogP contribution in [0.15, 0.2) is 24.3 Å². The van der Waals surface area contributed by atoms with Crippen LogP contribution in [-0.4, -0.2) is 38.1 Å². The second-order valence-electron chi connectivity index (χ2n) is 6.44. The summed E-state index contributed by atoms with van der Waals surface area (Å²) < 4.78 is 22.3. The summed E-state index contributed by atoms with van der Waals surface area (Å²) >= 11 is 6.03. The van der Waals surface area contributed by atoms with E-state index in [1.807, 2.05) is 38.1 Å². The highest BCUT2D eigenvalue weighted by molar-refractivity contribution is 8.13. The Labute approximate surface area is 140 Å². The maximum atomic E-state index is 12.1. The molecule has 7 heteroatoms. The van der Waals surface area contributed by atoms with Crippen LogP contribution in [0, 0.1) is 5.92 Å². The predicted octanol–water partition coefficient (Wildman–Crippen LogP) is 3.03. The molecule has 2 rings (SSSR count). The topological polar surface area (TPSA) is 54.5 Å². The molecule has 1 aromatic carbocycles. The number of hydrogen-bond donors (Lipinski definition) is 0. The minimum Gasteiger partial charge on any atom is -0.341 e. The van der Waals surface area contributed by atoms with Gasteiger partial charge in [-0.2, -0.15) is 0 Å². The van der Waals surface area contributed by atoms with E-state index < -0.39 is 9.05 Å². The molecule has 0 radical (unpaired) electrons. The van der Waals surface area contributed by atoms with Gasteiger partial charge in [0.15, 0.2) is 0 Å². The molecule has 0 saturated carbocycles. The molecule has 1 aliphatic rings. The molecule has 0 aromatic heterocycles. The van der Waals surface area contributed by atoms with Crippen molar-refractivity contribution in [3.63, 3.8) is 0 Å². The highest BCUT2D eigenvalue weighted by atomic mass is 35.7. The minimum absolute atomic E-state index is 0.0274.